The molecule has 4 nitrogen and oxygen atoms in total. The van der Waals surface area contributed by atoms with Crippen LogP contribution in [0.15, 0.2) is 36.5 Å². The van der Waals surface area contributed by atoms with E-state index in [-0.39, 0.29) is 0 Å². The van der Waals surface area contributed by atoms with Gasteiger partial charge in [0.15, 0.2) is 0 Å². The lowest BCUT2D eigenvalue weighted by atomic mass is 10.3. The molecule has 16 heavy (non-hydrogen) atoms. The van der Waals surface area contributed by atoms with Crippen LogP contribution < -0.4 is 10.5 Å². The van der Waals surface area contributed by atoms with E-state index in [1.807, 2.05) is 30.5 Å². The number of nitrogens with two attached hydrogens (primary N) is 1. The van der Waals surface area contributed by atoms with Gasteiger partial charge in [-0.15, -0.1) is 5.10 Å². The molecule has 0 fully saturated rings. The van der Waals surface area contributed by atoms with E-state index in [1.165, 1.54) is 0 Å². The maximum atomic E-state index is 5.80. The molecule has 0 saturated carbocycles. The Morgan fingerprint density at radius 3 is 2.69 bits per heavy atom. The first-order chi connectivity index (χ1) is 7.79. The Morgan fingerprint density at radius 2 is 2.00 bits per heavy atom. The van der Waals surface area contributed by atoms with Crippen LogP contribution in [0.5, 0.6) is 5.88 Å². The smallest absolute Gasteiger partial charge is 0.233 e. The van der Waals surface area contributed by atoms with Crippen molar-refractivity contribution in [1.82, 2.24) is 9.78 Å². The lowest BCUT2D eigenvalue weighted by Crippen LogP contribution is -2.11. The summed E-state index contributed by atoms with van der Waals surface area (Å²) in [6.45, 7) is 0.950. The molecule has 0 aliphatic rings. The molecule has 2 aromatic rings. The number of rotatable bonds is 4. The summed E-state index contributed by atoms with van der Waals surface area (Å²) in [5, 5.41) is 4.95. The fourth-order valence-corrected chi connectivity index (χ4v) is 1.41. The fraction of sp³-hybridized carbons (Fsp3) is 0.182. The number of benzene rings is 1. The molecule has 2 N–H and O–H groups in total. The minimum Gasteiger partial charge on any atom is -0.475 e. The van der Waals surface area contributed by atoms with Gasteiger partial charge in [-0.05, 0) is 24.3 Å². The molecule has 1 heterocycles. The number of halogens is 1. The van der Waals surface area contributed by atoms with Gasteiger partial charge in [-0.3, -0.25) is 0 Å². The fourth-order valence-electron chi connectivity index (χ4n) is 1.29. The molecule has 1 aromatic carbocycles. The van der Waals surface area contributed by atoms with Crippen LogP contribution in [0, 0.1) is 0 Å². The van der Waals surface area contributed by atoms with Crippen molar-refractivity contribution in [2.24, 2.45) is 5.73 Å². The minimum absolute atomic E-state index is 0.470. The molecule has 0 aliphatic carbocycles. The highest BCUT2D eigenvalue weighted by molar-refractivity contribution is 6.30. The second kappa shape index (κ2) is 5.01. The van der Waals surface area contributed by atoms with Crippen LogP contribution in [-0.2, 0) is 0 Å². The number of ether oxygens (including phenoxy) is 1. The third kappa shape index (κ3) is 2.53. The SMILES string of the molecule is NCCOc1ccn(-c2ccc(Cl)cc2)n1. The van der Waals surface area contributed by atoms with Crippen LogP contribution in [0.2, 0.25) is 5.02 Å². The molecule has 0 aliphatic heterocycles. The van der Waals surface area contributed by atoms with Crippen LogP contribution in [0.3, 0.4) is 0 Å². The van der Waals surface area contributed by atoms with Crippen LogP contribution >= 0.6 is 11.6 Å². The molecule has 2 rings (SSSR count). The Balaban J connectivity index is 2.15. The van der Waals surface area contributed by atoms with Crippen LogP contribution in [0.1, 0.15) is 0 Å². The maximum absolute atomic E-state index is 5.80. The van der Waals surface area contributed by atoms with E-state index >= 15 is 0 Å². The minimum atomic E-state index is 0.470. The number of hydrogen-bond acceptors (Lipinski definition) is 3. The van der Waals surface area contributed by atoms with Gasteiger partial charge in [0, 0.05) is 23.8 Å². The molecule has 0 amide bonds. The molecule has 1 aromatic heterocycles. The van der Waals surface area contributed by atoms with Crippen molar-refractivity contribution in [3.05, 3.63) is 41.6 Å². The van der Waals surface area contributed by atoms with Gasteiger partial charge in [-0.1, -0.05) is 11.6 Å². The zero-order valence-electron chi connectivity index (χ0n) is 8.64. The topological polar surface area (TPSA) is 53.1 Å². The standard InChI is InChI=1S/C11H12ClN3O/c12-9-1-3-10(4-2-9)15-7-5-11(14-15)16-8-6-13/h1-5,7H,6,8,13H2. The highest BCUT2D eigenvalue weighted by atomic mass is 35.5. The number of hydrogen-bond donors (Lipinski definition) is 1. The average Bonchev–Trinajstić information content (AvgIpc) is 2.76. The van der Waals surface area contributed by atoms with Crippen molar-refractivity contribution in [2.45, 2.75) is 0 Å². The third-order valence-corrected chi connectivity index (χ3v) is 2.28. The molecule has 5 heteroatoms. The van der Waals surface area contributed by atoms with Gasteiger partial charge in [0.1, 0.15) is 6.61 Å². The van der Waals surface area contributed by atoms with Crippen LogP contribution in [0.25, 0.3) is 5.69 Å². The van der Waals surface area contributed by atoms with E-state index in [9.17, 15) is 0 Å². The van der Waals surface area contributed by atoms with Gasteiger partial charge >= 0.3 is 0 Å². The van der Waals surface area contributed by atoms with E-state index in [1.54, 1.807) is 10.7 Å². The summed E-state index contributed by atoms with van der Waals surface area (Å²) in [7, 11) is 0. The molecule has 0 unspecified atom stereocenters. The van der Waals surface area contributed by atoms with Gasteiger partial charge in [0.05, 0.1) is 5.69 Å². The first-order valence-corrected chi connectivity index (χ1v) is 5.32. The summed E-state index contributed by atoms with van der Waals surface area (Å²) in [6.07, 6.45) is 1.83. The first-order valence-electron chi connectivity index (χ1n) is 4.94. The molecule has 0 radical (unpaired) electrons. The van der Waals surface area contributed by atoms with Gasteiger partial charge in [-0.2, -0.15) is 0 Å². The molecule has 0 atom stereocenters. The van der Waals surface area contributed by atoms with Crippen molar-refractivity contribution < 1.29 is 4.74 Å². The lowest BCUT2D eigenvalue weighted by molar-refractivity contribution is 0.313. The summed E-state index contributed by atoms with van der Waals surface area (Å²) in [5.41, 5.74) is 6.27. The molecular weight excluding hydrogens is 226 g/mol. The molecular formula is C11H12ClN3O. The third-order valence-electron chi connectivity index (χ3n) is 2.02. The summed E-state index contributed by atoms with van der Waals surface area (Å²) >= 11 is 5.80. The van der Waals surface area contributed by atoms with E-state index in [4.69, 9.17) is 22.1 Å². The van der Waals surface area contributed by atoms with Crippen molar-refractivity contribution in [3.63, 3.8) is 0 Å². The van der Waals surface area contributed by atoms with Crippen molar-refractivity contribution in [3.8, 4) is 11.6 Å². The van der Waals surface area contributed by atoms with Gasteiger partial charge < -0.3 is 10.5 Å². The molecule has 0 spiro atoms. The highest BCUT2D eigenvalue weighted by Crippen LogP contribution is 2.15. The molecule has 84 valence electrons. The Morgan fingerprint density at radius 1 is 1.25 bits per heavy atom. The Bertz CT molecular complexity index is 453. The normalized spacial score (nSPS) is 10.4. The first kappa shape index (κ1) is 11.0. The average molecular weight is 238 g/mol. The van der Waals surface area contributed by atoms with E-state index < -0.39 is 0 Å². The van der Waals surface area contributed by atoms with Gasteiger partial charge in [-0.25, -0.2) is 4.68 Å². The van der Waals surface area contributed by atoms with Crippen molar-refractivity contribution in [1.29, 1.82) is 0 Å². The van der Waals surface area contributed by atoms with E-state index in [0.717, 1.165) is 5.69 Å². The lowest BCUT2D eigenvalue weighted by Gasteiger charge is -2.01. The van der Waals surface area contributed by atoms with Crippen molar-refractivity contribution >= 4 is 11.6 Å². The zero-order chi connectivity index (χ0) is 11.4. The zero-order valence-corrected chi connectivity index (χ0v) is 9.39. The monoisotopic (exact) mass is 237 g/mol. The predicted octanol–water partition coefficient (Wildman–Crippen LogP) is 1.86. The summed E-state index contributed by atoms with van der Waals surface area (Å²) in [4.78, 5) is 0. The summed E-state index contributed by atoms with van der Waals surface area (Å²) in [6, 6.07) is 9.21. The Labute approximate surface area is 98.6 Å². The van der Waals surface area contributed by atoms with E-state index in [2.05, 4.69) is 5.10 Å². The Kier molecular flexibility index (Phi) is 3.44. The second-order valence-corrected chi connectivity index (χ2v) is 3.65. The van der Waals surface area contributed by atoms with Crippen LogP contribution in [-0.4, -0.2) is 22.9 Å². The predicted molar refractivity (Wildman–Crippen MR) is 63.1 cm³/mol. The summed E-state index contributed by atoms with van der Waals surface area (Å²) in [5.74, 6) is 0.570. The van der Waals surface area contributed by atoms with E-state index in [0.29, 0.717) is 24.1 Å². The molecule has 0 bridgehead atoms. The summed E-state index contributed by atoms with van der Waals surface area (Å²) < 4.78 is 7.02. The number of nitrogens with zero attached hydrogens (tertiary/aromatic N) is 2. The number of aromatic nitrogens is 2. The largest absolute Gasteiger partial charge is 0.475 e. The van der Waals surface area contributed by atoms with Crippen LogP contribution in [0.4, 0.5) is 0 Å². The highest BCUT2D eigenvalue weighted by Gasteiger charge is 2.01. The van der Waals surface area contributed by atoms with Gasteiger partial charge in [0.2, 0.25) is 5.88 Å². The quantitative estimate of drug-likeness (QED) is 0.883. The maximum Gasteiger partial charge on any atom is 0.233 e. The van der Waals surface area contributed by atoms with Crippen molar-refractivity contribution in [2.75, 3.05) is 13.2 Å². The van der Waals surface area contributed by atoms with Gasteiger partial charge in [0.25, 0.3) is 0 Å². The molecule has 0 saturated heterocycles. The second-order valence-electron chi connectivity index (χ2n) is 3.21. The Hall–Kier alpha value is -1.52.